The Morgan fingerprint density at radius 1 is 1.29 bits per heavy atom. The SMILES string of the molecule is NCC1CCCC1N1CC2(COC2)C1. The molecule has 3 nitrogen and oxygen atoms in total. The molecular weight excluding hydrogens is 176 g/mol. The van der Waals surface area contributed by atoms with Crippen molar-refractivity contribution in [1.29, 1.82) is 0 Å². The molecule has 0 radical (unpaired) electrons. The number of hydrogen-bond donors (Lipinski definition) is 1. The smallest absolute Gasteiger partial charge is 0.0569 e. The van der Waals surface area contributed by atoms with Gasteiger partial charge in [-0.15, -0.1) is 0 Å². The van der Waals surface area contributed by atoms with Gasteiger partial charge in [0.05, 0.1) is 13.2 Å². The van der Waals surface area contributed by atoms with E-state index in [1.54, 1.807) is 0 Å². The summed E-state index contributed by atoms with van der Waals surface area (Å²) in [6.45, 7) is 5.43. The third kappa shape index (κ3) is 1.23. The van der Waals surface area contributed by atoms with Crippen molar-refractivity contribution < 1.29 is 4.74 Å². The van der Waals surface area contributed by atoms with Gasteiger partial charge in [-0.25, -0.2) is 0 Å². The Kier molecular flexibility index (Phi) is 2.08. The van der Waals surface area contributed by atoms with Crippen LogP contribution < -0.4 is 5.73 Å². The molecule has 2 N–H and O–H groups in total. The molecule has 0 amide bonds. The van der Waals surface area contributed by atoms with E-state index < -0.39 is 0 Å². The van der Waals surface area contributed by atoms with Gasteiger partial charge in [-0.3, -0.25) is 4.90 Å². The van der Waals surface area contributed by atoms with E-state index in [9.17, 15) is 0 Å². The third-order valence-electron chi connectivity index (χ3n) is 4.28. The predicted molar refractivity (Wildman–Crippen MR) is 55.0 cm³/mol. The maximum atomic E-state index is 5.80. The molecule has 2 atom stereocenters. The summed E-state index contributed by atoms with van der Waals surface area (Å²) < 4.78 is 5.29. The van der Waals surface area contributed by atoms with Crippen molar-refractivity contribution in [1.82, 2.24) is 4.90 Å². The number of hydrogen-bond acceptors (Lipinski definition) is 3. The van der Waals surface area contributed by atoms with Crippen molar-refractivity contribution in [2.24, 2.45) is 17.1 Å². The first-order chi connectivity index (χ1) is 6.83. The van der Waals surface area contributed by atoms with Crippen molar-refractivity contribution in [2.45, 2.75) is 25.3 Å². The Morgan fingerprint density at radius 3 is 2.64 bits per heavy atom. The molecule has 0 aromatic rings. The van der Waals surface area contributed by atoms with E-state index in [0.717, 1.165) is 31.7 Å². The Balaban J connectivity index is 1.57. The zero-order chi connectivity index (χ0) is 9.60. The fourth-order valence-corrected chi connectivity index (χ4v) is 3.40. The van der Waals surface area contributed by atoms with E-state index in [2.05, 4.69) is 4.90 Å². The average molecular weight is 196 g/mol. The Labute approximate surface area is 85.6 Å². The minimum atomic E-state index is 0.571. The largest absolute Gasteiger partial charge is 0.380 e. The van der Waals surface area contributed by atoms with Crippen LogP contribution in [0.5, 0.6) is 0 Å². The molecule has 14 heavy (non-hydrogen) atoms. The van der Waals surface area contributed by atoms with Crippen molar-refractivity contribution in [3.05, 3.63) is 0 Å². The molecule has 2 heterocycles. The van der Waals surface area contributed by atoms with Crippen LogP contribution in [-0.2, 0) is 4.74 Å². The summed E-state index contributed by atoms with van der Waals surface area (Å²) in [7, 11) is 0. The molecule has 1 saturated carbocycles. The quantitative estimate of drug-likeness (QED) is 0.697. The Hall–Kier alpha value is -0.120. The Morgan fingerprint density at radius 2 is 2.07 bits per heavy atom. The van der Waals surface area contributed by atoms with Crippen molar-refractivity contribution in [3.8, 4) is 0 Å². The normalized spacial score (nSPS) is 40.9. The second-order valence-corrected chi connectivity index (χ2v) is 5.39. The predicted octanol–water partition coefficient (Wildman–Crippen LogP) is 0.446. The first-order valence-corrected chi connectivity index (χ1v) is 5.85. The average Bonchev–Trinajstić information content (AvgIpc) is 2.47. The second-order valence-electron chi connectivity index (χ2n) is 5.39. The van der Waals surface area contributed by atoms with Gasteiger partial charge < -0.3 is 10.5 Å². The molecule has 3 fully saturated rings. The van der Waals surface area contributed by atoms with Crippen molar-refractivity contribution >= 4 is 0 Å². The molecule has 80 valence electrons. The highest BCUT2D eigenvalue weighted by molar-refractivity contribution is 5.03. The standard InChI is InChI=1S/C11H20N2O/c12-4-9-2-1-3-10(9)13-5-11(6-13)7-14-8-11/h9-10H,1-8,12H2. The number of nitrogens with two attached hydrogens (primary N) is 1. The molecule has 1 aliphatic carbocycles. The summed E-state index contributed by atoms with van der Waals surface area (Å²) in [6, 6.07) is 0.797. The third-order valence-corrected chi connectivity index (χ3v) is 4.28. The van der Waals surface area contributed by atoms with Gasteiger partial charge >= 0.3 is 0 Å². The highest BCUT2D eigenvalue weighted by Gasteiger charge is 2.51. The van der Waals surface area contributed by atoms with E-state index in [4.69, 9.17) is 10.5 Å². The van der Waals surface area contributed by atoms with Crippen LogP contribution in [0.4, 0.5) is 0 Å². The van der Waals surface area contributed by atoms with Crippen LogP contribution in [0.3, 0.4) is 0 Å². The molecule has 2 saturated heterocycles. The maximum Gasteiger partial charge on any atom is 0.0569 e. The van der Waals surface area contributed by atoms with Gasteiger partial charge in [0.1, 0.15) is 0 Å². The minimum absolute atomic E-state index is 0.571. The molecule has 0 aromatic carbocycles. The molecule has 1 spiro atoms. The summed E-state index contributed by atoms with van der Waals surface area (Å²) in [5, 5.41) is 0. The van der Waals surface area contributed by atoms with Gasteiger partial charge in [0, 0.05) is 24.5 Å². The zero-order valence-electron chi connectivity index (χ0n) is 8.74. The molecular formula is C11H20N2O. The molecule has 3 heteroatoms. The lowest BCUT2D eigenvalue weighted by molar-refractivity contribution is -0.200. The Bertz CT molecular complexity index is 219. The van der Waals surface area contributed by atoms with Crippen LogP contribution in [0.15, 0.2) is 0 Å². The molecule has 3 rings (SSSR count). The van der Waals surface area contributed by atoms with E-state index >= 15 is 0 Å². The van der Waals surface area contributed by atoms with Crippen LogP contribution in [0, 0.1) is 11.3 Å². The lowest BCUT2D eigenvalue weighted by Gasteiger charge is -2.57. The van der Waals surface area contributed by atoms with Gasteiger partial charge in [0.2, 0.25) is 0 Å². The molecule has 2 aliphatic heterocycles. The molecule has 0 aromatic heterocycles. The maximum absolute atomic E-state index is 5.80. The molecule has 3 aliphatic rings. The number of ether oxygens (including phenoxy) is 1. The summed E-state index contributed by atoms with van der Waals surface area (Å²) in [4.78, 5) is 2.65. The van der Waals surface area contributed by atoms with Gasteiger partial charge in [0.15, 0.2) is 0 Å². The van der Waals surface area contributed by atoms with E-state index in [0.29, 0.717) is 5.41 Å². The highest BCUT2D eigenvalue weighted by Crippen LogP contribution is 2.42. The first-order valence-electron chi connectivity index (χ1n) is 5.85. The second kappa shape index (κ2) is 3.19. The van der Waals surface area contributed by atoms with Gasteiger partial charge in [-0.05, 0) is 25.3 Å². The fourth-order valence-electron chi connectivity index (χ4n) is 3.40. The van der Waals surface area contributed by atoms with Crippen LogP contribution in [0.1, 0.15) is 19.3 Å². The summed E-state index contributed by atoms with van der Waals surface area (Å²) in [6.07, 6.45) is 4.10. The fraction of sp³-hybridized carbons (Fsp3) is 1.00. The van der Waals surface area contributed by atoms with E-state index in [1.807, 2.05) is 0 Å². The van der Waals surface area contributed by atoms with Gasteiger partial charge in [-0.1, -0.05) is 6.42 Å². The van der Waals surface area contributed by atoms with Crippen LogP contribution >= 0.6 is 0 Å². The van der Waals surface area contributed by atoms with Crippen LogP contribution in [0.2, 0.25) is 0 Å². The number of rotatable bonds is 2. The molecule has 2 unspecified atom stereocenters. The number of nitrogens with zero attached hydrogens (tertiary/aromatic N) is 1. The monoisotopic (exact) mass is 196 g/mol. The zero-order valence-corrected chi connectivity index (χ0v) is 8.74. The lowest BCUT2D eigenvalue weighted by Crippen LogP contribution is -2.68. The van der Waals surface area contributed by atoms with Gasteiger partial charge in [0.25, 0.3) is 0 Å². The summed E-state index contributed by atoms with van der Waals surface area (Å²) in [5.41, 5.74) is 6.37. The molecule has 0 bridgehead atoms. The van der Waals surface area contributed by atoms with Gasteiger partial charge in [-0.2, -0.15) is 0 Å². The van der Waals surface area contributed by atoms with Crippen molar-refractivity contribution in [3.63, 3.8) is 0 Å². The van der Waals surface area contributed by atoms with Crippen molar-refractivity contribution in [2.75, 3.05) is 32.8 Å². The highest BCUT2D eigenvalue weighted by atomic mass is 16.5. The van der Waals surface area contributed by atoms with E-state index in [-0.39, 0.29) is 0 Å². The first kappa shape index (κ1) is 9.13. The number of likely N-dealkylation sites (tertiary alicyclic amines) is 1. The van der Waals surface area contributed by atoms with Crippen LogP contribution in [0.25, 0.3) is 0 Å². The van der Waals surface area contributed by atoms with Crippen LogP contribution in [-0.4, -0.2) is 43.8 Å². The van der Waals surface area contributed by atoms with E-state index in [1.165, 1.54) is 32.4 Å². The minimum Gasteiger partial charge on any atom is -0.380 e. The topological polar surface area (TPSA) is 38.5 Å². The summed E-state index contributed by atoms with van der Waals surface area (Å²) in [5.74, 6) is 0.772. The summed E-state index contributed by atoms with van der Waals surface area (Å²) >= 11 is 0. The lowest BCUT2D eigenvalue weighted by atomic mass is 9.76.